The minimum atomic E-state index is 0.202. The highest BCUT2D eigenvalue weighted by molar-refractivity contribution is 4.97. The van der Waals surface area contributed by atoms with Gasteiger partial charge in [-0.3, -0.25) is 0 Å². The molecule has 1 N–H and O–H groups in total. The van der Waals surface area contributed by atoms with Crippen LogP contribution in [0.1, 0.15) is 33.1 Å². The first-order chi connectivity index (χ1) is 8.13. The summed E-state index contributed by atoms with van der Waals surface area (Å²) in [6, 6.07) is 0.444. The van der Waals surface area contributed by atoms with Crippen LogP contribution < -0.4 is 5.32 Å². The van der Waals surface area contributed by atoms with Crippen LogP contribution in [0.2, 0.25) is 0 Å². The number of hydrogen-bond acceptors (Lipinski definition) is 4. The van der Waals surface area contributed by atoms with E-state index in [4.69, 9.17) is 14.2 Å². The van der Waals surface area contributed by atoms with E-state index in [1.807, 2.05) is 7.05 Å². The van der Waals surface area contributed by atoms with Gasteiger partial charge in [-0.15, -0.1) is 0 Å². The van der Waals surface area contributed by atoms with Gasteiger partial charge in [0.15, 0.2) is 0 Å². The maximum Gasteiger partial charge on any atom is 0.0986 e. The van der Waals surface area contributed by atoms with Crippen LogP contribution >= 0.6 is 0 Å². The summed E-state index contributed by atoms with van der Waals surface area (Å²) < 4.78 is 17.4. The van der Waals surface area contributed by atoms with Crippen molar-refractivity contribution in [2.45, 2.75) is 69.7 Å². The summed E-state index contributed by atoms with van der Waals surface area (Å²) in [5, 5.41) is 3.26. The second-order valence-corrected chi connectivity index (χ2v) is 5.36. The lowest BCUT2D eigenvalue weighted by atomic mass is 9.85. The fourth-order valence-corrected chi connectivity index (χ4v) is 3.02. The number of likely N-dealkylation sites (N-methyl/N-ethyl adjacent to an activating group) is 1. The third-order valence-corrected chi connectivity index (χ3v) is 3.91. The van der Waals surface area contributed by atoms with Gasteiger partial charge in [0.2, 0.25) is 0 Å². The van der Waals surface area contributed by atoms with Crippen molar-refractivity contribution >= 4 is 0 Å². The molecule has 2 rings (SSSR count). The highest BCUT2D eigenvalue weighted by Crippen LogP contribution is 2.31. The molecular weight excluding hydrogens is 218 g/mol. The van der Waals surface area contributed by atoms with Crippen LogP contribution in [0.3, 0.4) is 0 Å². The van der Waals surface area contributed by atoms with Crippen LogP contribution in [0.15, 0.2) is 0 Å². The predicted octanol–water partition coefficient (Wildman–Crippen LogP) is 1.33. The molecule has 0 radical (unpaired) electrons. The predicted molar refractivity (Wildman–Crippen MR) is 66.2 cm³/mol. The van der Waals surface area contributed by atoms with E-state index in [1.54, 1.807) is 7.11 Å². The summed E-state index contributed by atoms with van der Waals surface area (Å²) in [7, 11) is 3.74. The van der Waals surface area contributed by atoms with Gasteiger partial charge in [0.05, 0.1) is 30.5 Å². The Balaban J connectivity index is 1.81. The molecule has 0 bridgehead atoms. The van der Waals surface area contributed by atoms with Gasteiger partial charge in [0.1, 0.15) is 0 Å². The second kappa shape index (κ2) is 5.65. The zero-order valence-electron chi connectivity index (χ0n) is 11.3. The first kappa shape index (κ1) is 13.3. The second-order valence-electron chi connectivity index (χ2n) is 5.36. The maximum atomic E-state index is 6.16. The van der Waals surface area contributed by atoms with Crippen molar-refractivity contribution in [2.24, 2.45) is 0 Å². The van der Waals surface area contributed by atoms with E-state index in [2.05, 4.69) is 19.2 Å². The molecule has 1 aliphatic heterocycles. The van der Waals surface area contributed by atoms with Gasteiger partial charge in [-0.25, -0.2) is 0 Å². The van der Waals surface area contributed by atoms with Crippen molar-refractivity contribution in [2.75, 3.05) is 14.2 Å². The molecule has 4 nitrogen and oxygen atoms in total. The van der Waals surface area contributed by atoms with Gasteiger partial charge in [-0.05, 0) is 40.2 Å². The van der Waals surface area contributed by atoms with Gasteiger partial charge in [-0.2, -0.15) is 0 Å². The molecule has 0 aromatic rings. The number of rotatable bonds is 4. The smallest absolute Gasteiger partial charge is 0.0986 e. The number of hydrogen-bond donors (Lipinski definition) is 1. The molecule has 2 fully saturated rings. The summed E-state index contributed by atoms with van der Waals surface area (Å²) >= 11 is 0. The molecule has 2 aliphatic rings. The van der Waals surface area contributed by atoms with Gasteiger partial charge in [0.25, 0.3) is 0 Å². The average Bonchev–Trinajstić information content (AvgIpc) is 2.22. The molecule has 1 heterocycles. The molecule has 5 unspecified atom stereocenters. The number of ether oxygens (including phenoxy) is 3. The quantitative estimate of drug-likeness (QED) is 0.808. The minimum absolute atomic E-state index is 0.202. The molecule has 0 amide bonds. The molecule has 100 valence electrons. The summed E-state index contributed by atoms with van der Waals surface area (Å²) in [4.78, 5) is 0. The fraction of sp³-hybridized carbons (Fsp3) is 1.00. The maximum absolute atomic E-state index is 6.16. The molecule has 0 spiro atoms. The normalized spacial score (nSPS) is 46.6. The lowest BCUT2D eigenvalue weighted by Gasteiger charge is -2.45. The Kier molecular flexibility index (Phi) is 4.42. The highest BCUT2D eigenvalue weighted by Gasteiger charge is 2.43. The monoisotopic (exact) mass is 243 g/mol. The molecule has 4 heteroatoms. The lowest BCUT2D eigenvalue weighted by Crippen LogP contribution is -2.60. The Labute approximate surface area is 104 Å². The Morgan fingerprint density at radius 2 is 1.76 bits per heavy atom. The topological polar surface area (TPSA) is 39.7 Å². The van der Waals surface area contributed by atoms with E-state index in [9.17, 15) is 0 Å². The molecule has 1 saturated carbocycles. The van der Waals surface area contributed by atoms with Crippen LogP contribution in [0, 0.1) is 0 Å². The van der Waals surface area contributed by atoms with E-state index < -0.39 is 0 Å². The van der Waals surface area contributed by atoms with E-state index in [1.165, 1.54) is 0 Å². The zero-order chi connectivity index (χ0) is 12.4. The van der Waals surface area contributed by atoms with Crippen LogP contribution in [-0.4, -0.2) is 50.7 Å². The first-order valence-electron chi connectivity index (χ1n) is 6.65. The average molecular weight is 243 g/mol. The standard InChI is InChI=1S/C13H25NO3/c1-8-5-10(6-9(2)16-8)17-12-7-11(14-3)13(12)15-4/h8-14H,5-7H2,1-4H3. The Morgan fingerprint density at radius 1 is 1.12 bits per heavy atom. The third kappa shape index (κ3) is 2.99. The van der Waals surface area contributed by atoms with Crippen LogP contribution in [0.25, 0.3) is 0 Å². The van der Waals surface area contributed by atoms with Crippen LogP contribution in [0.5, 0.6) is 0 Å². The zero-order valence-corrected chi connectivity index (χ0v) is 11.3. The molecule has 5 atom stereocenters. The van der Waals surface area contributed by atoms with Gasteiger partial charge >= 0.3 is 0 Å². The van der Waals surface area contributed by atoms with Crippen molar-refractivity contribution in [3.63, 3.8) is 0 Å². The summed E-state index contributed by atoms with van der Waals surface area (Å²) in [6.07, 6.45) is 4.45. The Hall–Kier alpha value is -0.160. The highest BCUT2D eigenvalue weighted by atomic mass is 16.6. The van der Waals surface area contributed by atoms with Crippen molar-refractivity contribution in [3.05, 3.63) is 0 Å². The SMILES string of the molecule is CNC1CC(OC2CC(C)OC(C)C2)C1OC. The molecule has 0 aromatic heterocycles. The van der Waals surface area contributed by atoms with Crippen LogP contribution in [0.4, 0.5) is 0 Å². The van der Waals surface area contributed by atoms with Crippen molar-refractivity contribution < 1.29 is 14.2 Å². The Morgan fingerprint density at radius 3 is 2.29 bits per heavy atom. The third-order valence-electron chi connectivity index (χ3n) is 3.91. The van der Waals surface area contributed by atoms with Gasteiger partial charge < -0.3 is 19.5 Å². The lowest BCUT2D eigenvalue weighted by molar-refractivity contribution is -0.186. The van der Waals surface area contributed by atoms with E-state index in [0.717, 1.165) is 19.3 Å². The van der Waals surface area contributed by atoms with Crippen LogP contribution in [-0.2, 0) is 14.2 Å². The van der Waals surface area contributed by atoms with Gasteiger partial charge in [0, 0.05) is 13.2 Å². The molecule has 1 saturated heterocycles. The number of methoxy groups -OCH3 is 1. The molecular formula is C13H25NO3. The van der Waals surface area contributed by atoms with Crippen molar-refractivity contribution in [1.82, 2.24) is 5.32 Å². The minimum Gasteiger partial charge on any atom is -0.377 e. The fourth-order valence-electron chi connectivity index (χ4n) is 3.02. The molecule has 0 aromatic carbocycles. The van der Waals surface area contributed by atoms with Crippen molar-refractivity contribution in [1.29, 1.82) is 0 Å². The van der Waals surface area contributed by atoms with E-state index in [-0.39, 0.29) is 12.2 Å². The Bertz CT molecular complexity index is 239. The summed E-state index contributed by atoms with van der Waals surface area (Å²) in [6.45, 7) is 4.24. The largest absolute Gasteiger partial charge is 0.377 e. The molecule has 17 heavy (non-hydrogen) atoms. The summed E-state index contributed by atoms with van der Waals surface area (Å²) in [5.41, 5.74) is 0. The van der Waals surface area contributed by atoms with E-state index >= 15 is 0 Å². The van der Waals surface area contributed by atoms with E-state index in [0.29, 0.717) is 24.4 Å². The first-order valence-corrected chi connectivity index (χ1v) is 6.65. The number of nitrogens with one attached hydrogen (secondary N) is 1. The summed E-state index contributed by atoms with van der Waals surface area (Å²) in [5.74, 6) is 0. The van der Waals surface area contributed by atoms with Crippen molar-refractivity contribution in [3.8, 4) is 0 Å². The molecule has 1 aliphatic carbocycles. The van der Waals surface area contributed by atoms with Gasteiger partial charge in [-0.1, -0.05) is 0 Å².